The van der Waals surface area contributed by atoms with Crippen molar-refractivity contribution in [1.82, 2.24) is 9.88 Å². The highest BCUT2D eigenvalue weighted by molar-refractivity contribution is 5.95. The Morgan fingerprint density at radius 3 is 2.80 bits per heavy atom. The highest BCUT2D eigenvalue weighted by atomic mass is 16.5. The Hall–Kier alpha value is -1.62. The summed E-state index contributed by atoms with van der Waals surface area (Å²) in [5.41, 5.74) is 1.61. The molecule has 1 N–H and O–H groups in total. The standard InChI is InChI=1S/C15H23N3O2/c1-10(2)13-7-11(8-14(16-3)17-13)15(19)18(4)12-5-6-20-9-12/h7-8,10,12H,5-6,9H2,1-4H3,(H,16,17). The molecule has 1 atom stereocenters. The smallest absolute Gasteiger partial charge is 0.254 e. The monoisotopic (exact) mass is 277 g/mol. The second-order valence-electron chi connectivity index (χ2n) is 5.50. The van der Waals surface area contributed by atoms with Crippen molar-refractivity contribution in [3.8, 4) is 0 Å². The van der Waals surface area contributed by atoms with Gasteiger partial charge in [0.05, 0.1) is 12.6 Å². The maximum Gasteiger partial charge on any atom is 0.254 e. The van der Waals surface area contributed by atoms with E-state index >= 15 is 0 Å². The Balaban J connectivity index is 2.26. The number of hydrogen-bond donors (Lipinski definition) is 1. The molecule has 2 heterocycles. The Morgan fingerprint density at radius 1 is 1.50 bits per heavy atom. The molecule has 1 fully saturated rings. The Labute approximate surface area is 120 Å². The minimum Gasteiger partial charge on any atom is -0.379 e. The number of rotatable bonds is 4. The molecular formula is C15H23N3O2. The molecule has 0 bridgehead atoms. The van der Waals surface area contributed by atoms with Gasteiger partial charge in [-0.25, -0.2) is 4.98 Å². The van der Waals surface area contributed by atoms with Crippen molar-refractivity contribution in [1.29, 1.82) is 0 Å². The van der Waals surface area contributed by atoms with Crippen molar-refractivity contribution < 1.29 is 9.53 Å². The van der Waals surface area contributed by atoms with Gasteiger partial charge in [-0.3, -0.25) is 4.79 Å². The third-order valence-corrected chi connectivity index (χ3v) is 3.71. The molecule has 0 saturated carbocycles. The van der Waals surface area contributed by atoms with Crippen LogP contribution in [0.15, 0.2) is 12.1 Å². The molecule has 1 amide bonds. The lowest BCUT2D eigenvalue weighted by Crippen LogP contribution is -2.37. The number of nitrogens with one attached hydrogen (secondary N) is 1. The summed E-state index contributed by atoms with van der Waals surface area (Å²) in [7, 11) is 3.66. The van der Waals surface area contributed by atoms with E-state index in [1.165, 1.54) is 0 Å². The lowest BCUT2D eigenvalue weighted by molar-refractivity contribution is 0.0711. The van der Waals surface area contributed by atoms with Gasteiger partial charge in [0, 0.05) is 32.0 Å². The molecule has 110 valence electrons. The molecule has 1 aliphatic heterocycles. The Morgan fingerprint density at radius 2 is 2.25 bits per heavy atom. The van der Waals surface area contributed by atoms with Gasteiger partial charge in [0.2, 0.25) is 0 Å². The van der Waals surface area contributed by atoms with Crippen LogP contribution in [0.5, 0.6) is 0 Å². The largest absolute Gasteiger partial charge is 0.379 e. The molecule has 5 nitrogen and oxygen atoms in total. The lowest BCUT2D eigenvalue weighted by Gasteiger charge is -2.23. The third-order valence-electron chi connectivity index (χ3n) is 3.71. The van der Waals surface area contributed by atoms with Crippen LogP contribution in [0.25, 0.3) is 0 Å². The summed E-state index contributed by atoms with van der Waals surface area (Å²) in [4.78, 5) is 18.9. The Bertz CT molecular complexity index is 482. The van der Waals surface area contributed by atoms with Gasteiger partial charge in [-0.1, -0.05) is 13.8 Å². The van der Waals surface area contributed by atoms with Gasteiger partial charge in [-0.05, 0) is 24.5 Å². The van der Waals surface area contributed by atoms with Gasteiger partial charge >= 0.3 is 0 Å². The van der Waals surface area contributed by atoms with Crippen molar-refractivity contribution in [3.63, 3.8) is 0 Å². The van der Waals surface area contributed by atoms with E-state index in [0.717, 1.165) is 24.5 Å². The zero-order chi connectivity index (χ0) is 14.7. The van der Waals surface area contributed by atoms with E-state index in [1.54, 1.807) is 11.0 Å². The number of carbonyl (C=O) groups is 1. The zero-order valence-corrected chi connectivity index (χ0v) is 12.6. The number of amides is 1. The van der Waals surface area contributed by atoms with Crippen LogP contribution in [0.1, 0.15) is 42.2 Å². The number of nitrogens with zero attached hydrogens (tertiary/aromatic N) is 2. The normalized spacial score (nSPS) is 18.4. The first-order valence-electron chi connectivity index (χ1n) is 7.07. The van der Waals surface area contributed by atoms with Crippen molar-refractivity contribution in [3.05, 3.63) is 23.4 Å². The zero-order valence-electron chi connectivity index (χ0n) is 12.6. The van der Waals surface area contributed by atoms with Crippen LogP contribution in [0.3, 0.4) is 0 Å². The van der Waals surface area contributed by atoms with Gasteiger partial charge < -0.3 is 15.0 Å². The van der Waals surface area contributed by atoms with E-state index in [0.29, 0.717) is 12.2 Å². The fourth-order valence-corrected chi connectivity index (χ4v) is 2.30. The lowest BCUT2D eigenvalue weighted by atomic mass is 10.1. The van der Waals surface area contributed by atoms with Crippen molar-refractivity contribution >= 4 is 11.7 Å². The SMILES string of the molecule is CNc1cc(C(=O)N(C)C2CCOC2)cc(C(C)C)n1. The number of likely N-dealkylation sites (N-methyl/N-ethyl adjacent to an activating group) is 1. The molecular weight excluding hydrogens is 254 g/mol. The average molecular weight is 277 g/mol. The molecule has 1 saturated heterocycles. The molecule has 20 heavy (non-hydrogen) atoms. The molecule has 2 rings (SSSR count). The molecule has 0 aromatic carbocycles. The first-order chi connectivity index (χ1) is 9.52. The molecule has 5 heteroatoms. The van der Waals surface area contributed by atoms with E-state index in [2.05, 4.69) is 24.1 Å². The minimum atomic E-state index is 0.0290. The topological polar surface area (TPSA) is 54.5 Å². The second-order valence-corrected chi connectivity index (χ2v) is 5.50. The number of ether oxygens (including phenoxy) is 1. The van der Waals surface area contributed by atoms with E-state index in [4.69, 9.17) is 4.74 Å². The van der Waals surface area contributed by atoms with Crippen LogP contribution in [-0.4, -0.2) is 49.1 Å². The van der Waals surface area contributed by atoms with Crippen LogP contribution < -0.4 is 5.32 Å². The fourth-order valence-electron chi connectivity index (χ4n) is 2.30. The van der Waals surface area contributed by atoms with Gasteiger partial charge in [-0.2, -0.15) is 0 Å². The van der Waals surface area contributed by atoms with Crippen LogP contribution in [0.4, 0.5) is 5.82 Å². The van der Waals surface area contributed by atoms with E-state index < -0.39 is 0 Å². The number of aromatic nitrogens is 1. The summed E-state index contributed by atoms with van der Waals surface area (Å²) >= 11 is 0. The third kappa shape index (κ3) is 3.10. The highest BCUT2D eigenvalue weighted by Gasteiger charge is 2.25. The molecule has 1 aliphatic rings. The van der Waals surface area contributed by atoms with E-state index in [9.17, 15) is 4.79 Å². The molecule has 1 aromatic heterocycles. The fraction of sp³-hybridized carbons (Fsp3) is 0.600. The second kappa shape index (κ2) is 6.22. The summed E-state index contributed by atoms with van der Waals surface area (Å²) in [6.07, 6.45) is 0.906. The predicted octanol–water partition coefficient (Wildman–Crippen LogP) is 2.11. The van der Waals surface area contributed by atoms with Crippen LogP contribution in [0, 0.1) is 0 Å². The Kier molecular flexibility index (Phi) is 4.60. The van der Waals surface area contributed by atoms with Crippen LogP contribution in [0.2, 0.25) is 0 Å². The van der Waals surface area contributed by atoms with Crippen LogP contribution >= 0.6 is 0 Å². The van der Waals surface area contributed by atoms with Crippen molar-refractivity contribution in [2.24, 2.45) is 0 Å². The summed E-state index contributed by atoms with van der Waals surface area (Å²) in [6.45, 7) is 5.51. The molecule has 0 aliphatic carbocycles. The number of pyridine rings is 1. The summed E-state index contributed by atoms with van der Waals surface area (Å²) in [5, 5.41) is 3.02. The van der Waals surface area contributed by atoms with Gasteiger partial charge in [0.25, 0.3) is 5.91 Å². The molecule has 1 aromatic rings. The first kappa shape index (κ1) is 14.8. The van der Waals surface area contributed by atoms with E-state index in [-0.39, 0.29) is 17.9 Å². The van der Waals surface area contributed by atoms with Crippen LogP contribution in [-0.2, 0) is 4.74 Å². The van der Waals surface area contributed by atoms with Gasteiger partial charge in [0.1, 0.15) is 5.82 Å². The number of anilines is 1. The minimum absolute atomic E-state index is 0.0290. The summed E-state index contributed by atoms with van der Waals surface area (Å²) in [6, 6.07) is 3.87. The van der Waals surface area contributed by atoms with Gasteiger partial charge in [0.15, 0.2) is 0 Å². The summed E-state index contributed by atoms with van der Waals surface area (Å²) < 4.78 is 5.35. The van der Waals surface area contributed by atoms with Crippen molar-refractivity contribution in [2.75, 3.05) is 32.6 Å². The quantitative estimate of drug-likeness (QED) is 0.916. The maximum atomic E-state index is 12.6. The molecule has 0 radical (unpaired) electrons. The highest BCUT2D eigenvalue weighted by Crippen LogP contribution is 2.20. The van der Waals surface area contributed by atoms with Gasteiger partial charge in [-0.15, -0.1) is 0 Å². The molecule has 1 unspecified atom stereocenters. The molecule has 0 spiro atoms. The van der Waals surface area contributed by atoms with E-state index in [1.807, 2.05) is 20.2 Å². The predicted molar refractivity (Wildman–Crippen MR) is 79.2 cm³/mol. The maximum absolute atomic E-state index is 12.6. The first-order valence-corrected chi connectivity index (χ1v) is 7.07. The summed E-state index contributed by atoms with van der Waals surface area (Å²) in [5.74, 6) is 1.05. The number of carbonyl (C=O) groups excluding carboxylic acids is 1. The van der Waals surface area contributed by atoms with Crippen molar-refractivity contribution in [2.45, 2.75) is 32.2 Å². The number of hydrogen-bond acceptors (Lipinski definition) is 4. The average Bonchev–Trinajstić information content (AvgIpc) is 2.99.